The van der Waals surface area contributed by atoms with Gasteiger partial charge in [-0.05, 0) is 65.5 Å². The standard InChI is InChI=1S/C27H40N4O6S/c1-8-36-22(32)9-12-29-24(33)23(20-16-18(2)15-19(3)17-20)31(13-11-28)25(34)21(10-14-38-7)30-26(35)37-27(4,5)6/h15-17,21,23H,8-10,12-14H2,1-7H3,(H,29,33)(H,30,35). The quantitative estimate of drug-likeness (QED) is 0.283. The van der Waals surface area contributed by atoms with Gasteiger partial charge in [-0.1, -0.05) is 29.3 Å². The number of nitrogens with zero attached hydrogens (tertiary/aromatic N) is 2. The van der Waals surface area contributed by atoms with E-state index in [0.29, 0.717) is 11.3 Å². The summed E-state index contributed by atoms with van der Waals surface area (Å²) in [4.78, 5) is 52.8. The van der Waals surface area contributed by atoms with Crippen LogP contribution in [0.15, 0.2) is 18.2 Å². The van der Waals surface area contributed by atoms with Crippen LogP contribution in [0.25, 0.3) is 0 Å². The van der Waals surface area contributed by atoms with E-state index in [1.54, 1.807) is 39.8 Å². The molecule has 1 aromatic rings. The van der Waals surface area contributed by atoms with Crippen LogP contribution < -0.4 is 10.6 Å². The smallest absolute Gasteiger partial charge is 0.408 e. The van der Waals surface area contributed by atoms with E-state index in [1.165, 1.54) is 11.8 Å². The first-order chi connectivity index (χ1) is 17.8. The van der Waals surface area contributed by atoms with Crippen LogP contribution in [-0.2, 0) is 23.9 Å². The fourth-order valence-electron chi connectivity index (χ4n) is 3.77. The van der Waals surface area contributed by atoms with Crippen LogP contribution in [0.3, 0.4) is 0 Å². The van der Waals surface area contributed by atoms with Crippen molar-refractivity contribution in [3.05, 3.63) is 34.9 Å². The fraction of sp³-hybridized carbons (Fsp3) is 0.593. The number of benzene rings is 1. The highest BCUT2D eigenvalue weighted by Gasteiger charge is 2.36. The number of nitriles is 1. The summed E-state index contributed by atoms with van der Waals surface area (Å²) in [5, 5.41) is 14.9. The molecule has 0 aromatic heterocycles. The molecule has 2 N–H and O–H groups in total. The number of carbonyl (C=O) groups excluding carboxylic acids is 4. The van der Waals surface area contributed by atoms with E-state index in [0.717, 1.165) is 16.0 Å². The molecule has 0 radical (unpaired) electrons. The van der Waals surface area contributed by atoms with Gasteiger partial charge in [0.2, 0.25) is 11.8 Å². The van der Waals surface area contributed by atoms with Gasteiger partial charge in [0.25, 0.3) is 0 Å². The topological polar surface area (TPSA) is 138 Å². The highest BCUT2D eigenvalue weighted by Crippen LogP contribution is 2.25. The van der Waals surface area contributed by atoms with Crippen molar-refractivity contribution in [3.63, 3.8) is 0 Å². The third kappa shape index (κ3) is 11.4. The Labute approximate surface area is 229 Å². The highest BCUT2D eigenvalue weighted by atomic mass is 32.2. The van der Waals surface area contributed by atoms with E-state index in [9.17, 15) is 24.4 Å². The predicted octanol–water partition coefficient (Wildman–Crippen LogP) is 3.41. The van der Waals surface area contributed by atoms with Crippen molar-refractivity contribution >= 4 is 35.6 Å². The first kappa shape index (κ1) is 32.8. The average molecular weight is 549 g/mol. The molecule has 0 aliphatic heterocycles. The minimum Gasteiger partial charge on any atom is -0.466 e. The number of nitrogens with one attached hydrogen (secondary N) is 2. The van der Waals surface area contributed by atoms with Crippen LogP contribution in [0.2, 0.25) is 0 Å². The molecule has 10 nitrogen and oxygen atoms in total. The van der Waals surface area contributed by atoms with Crippen molar-refractivity contribution in [2.45, 2.75) is 72.1 Å². The molecular formula is C27H40N4O6S. The molecule has 0 aliphatic rings. The maximum absolute atomic E-state index is 13.8. The van der Waals surface area contributed by atoms with Crippen LogP contribution >= 0.6 is 11.8 Å². The maximum Gasteiger partial charge on any atom is 0.408 e. The van der Waals surface area contributed by atoms with Crippen molar-refractivity contribution in [3.8, 4) is 6.07 Å². The Morgan fingerprint density at radius 1 is 1.13 bits per heavy atom. The van der Waals surface area contributed by atoms with Crippen LogP contribution in [-0.4, -0.2) is 72.1 Å². The fourth-order valence-corrected chi connectivity index (χ4v) is 4.25. The van der Waals surface area contributed by atoms with Crippen LogP contribution in [0.1, 0.15) is 63.3 Å². The molecule has 0 heterocycles. The Balaban J connectivity index is 3.40. The third-order valence-corrected chi connectivity index (χ3v) is 5.82. The number of hydrogen-bond donors (Lipinski definition) is 2. The van der Waals surface area contributed by atoms with Crippen molar-refractivity contribution < 1.29 is 28.7 Å². The SMILES string of the molecule is CCOC(=O)CCNC(=O)C(c1cc(C)cc(C)c1)N(CC#N)C(=O)C(CCSC)NC(=O)OC(C)(C)C. The summed E-state index contributed by atoms with van der Waals surface area (Å²) >= 11 is 1.49. The van der Waals surface area contributed by atoms with E-state index in [2.05, 4.69) is 10.6 Å². The molecule has 0 aliphatic carbocycles. The maximum atomic E-state index is 13.8. The minimum absolute atomic E-state index is 0.000386. The monoisotopic (exact) mass is 548 g/mol. The number of alkyl carbamates (subject to hydrolysis) is 1. The number of aryl methyl sites for hydroxylation is 2. The van der Waals surface area contributed by atoms with Gasteiger partial charge in [-0.3, -0.25) is 14.4 Å². The molecule has 1 rings (SSSR count). The summed E-state index contributed by atoms with van der Waals surface area (Å²) in [6, 6.07) is 5.27. The van der Waals surface area contributed by atoms with Gasteiger partial charge in [-0.15, -0.1) is 0 Å². The second-order valence-electron chi connectivity index (χ2n) is 9.77. The molecule has 38 heavy (non-hydrogen) atoms. The number of amides is 3. The van der Waals surface area contributed by atoms with Gasteiger partial charge < -0.3 is 25.0 Å². The van der Waals surface area contributed by atoms with E-state index >= 15 is 0 Å². The van der Waals surface area contributed by atoms with Crippen molar-refractivity contribution in [1.29, 1.82) is 5.26 Å². The van der Waals surface area contributed by atoms with Gasteiger partial charge in [-0.25, -0.2) is 4.79 Å². The summed E-state index contributed by atoms with van der Waals surface area (Å²) < 4.78 is 10.3. The van der Waals surface area contributed by atoms with Gasteiger partial charge >= 0.3 is 12.1 Å². The summed E-state index contributed by atoms with van der Waals surface area (Å²) in [6.07, 6.45) is 1.33. The second kappa shape index (κ2) is 15.9. The van der Waals surface area contributed by atoms with Crippen molar-refractivity contribution in [1.82, 2.24) is 15.5 Å². The van der Waals surface area contributed by atoms with Crippen LogP contribution in [0.4, 0.5) is 4.79 Å². The molecule has 0 spiro atoms. The number of carbonyl (C=O) groups is 4. The minimum atomic E-state index is -1.17. The normalized spacial score (nSPS) is 12.5. The lowest BCUT2D eigenvalue weighted by molar-refractivity contribution is -0.144. The van der Waals surface area contributed by atoms with Gasteiger partial charge in [0.05, 0.1) is 19.1 Å². The lowest BCUT2D eigenvalue weighted by Gasteiger charge is -2.33. The number of ether oxygens (including phenoxy) is 2. The Hall–Kier alpha value is -3.26. The van der Waals surface area contributed by atoms with Crippen LogP contribution in [0, 0.1) is 25.2 Å². The van der Waals surface area contributed by atoms with E-state index < -0.39 is 48.1 Å². The van der Waals surface area contributed by atoms with E-state index in [4.69, 9.17) is 9.47 Å². The zero-order valence-electron chi connectivity index (χ0n) is 23.4. The number of thioether (sulfide) groups is 1. The molecule has 2 unspecified atom stereocenters. The molecule has 2 atom stereocenters. The first-order valence-corrected chi connectivity index (χ1v) is 13.9. The van der Waals surface area contributed by atoms with Gasteiger partial charge in [0, 0.05) is 6.54 Å². The molecule has 0 bridgehead atoms. The molecule has 11 heteroatoms. The molecule has 3 amide bonds. The zero-order chi connectivity index (χ0) is 28.9. The van der Waals surface area contributed by atoms with Gasteiger partial charge in [0.15, 0.2) is 0 Å². The molecule has 0 saturated heterocycles. The lowest BCUT2D eigenvalue weighted by Crippen LogP contribution is -2.53. The third-order valence-electron chi connectivity index (χ3n) is 5.18. The van der Waals surface area contributed by atoms with Crippen molar-refractivity contribution in [2.75, 3.05) is 31.7 Å². The molecule has 210 valence electrons. The lowest BCUT2D eigenvalue weighted by atomic mass is 9.98. The Morgan fingerprint density at radius 3 is 2.29 bits per heavy atom. The molecule has 0 fully saturated rings. The zero-order valence-corrected chi connectivity index (χ0v) is 24.2. The number of esters is 1. The van der Waals surface area contributed by atoms with Crippen molar-refractivity contribution in [2.24, 2.45) is 0 Å². The number of rotatable bonds is 13. The first-order valence-electron chi connectivity index (χ1n) is 12.5. The highest BCUT2D eigenvalue weighted by molar-refractivity contribution is 7.98. The largest absolute Gasteiger partial charge is 0.466 e. The van der Waals surface area contributed by atoms with Crippen LogP contribution in [0.5, 0.6) is 0 Å². The molecule has 1 aromatic carbocycles. The average Bonchev–Trinajstić information content (AvgIpc) is 2.79. The Kier molecular flexibility index (Phi) is 13.7. The summed E-state index contributed by atoms with van der Waals surface area (Å²) in [6.45, 7) is 10.4. The van der Waals surface area contributed by atoms with E-state index in [1.807, 2.05) is 32.2 Å². The van der Waals surface area contributed by atoms with Gasteiger partial charge in [0.1, 0.15) is 24.2 Å². The Bertz CT molecular complexity index is 998. The Morgan fingerprint density at radius 2 is 1.76 bits per heavy atom. The summed E-state index contributed by atoms with van der Waals surface area (Å²) in [5.41, 5.74) is 1.49. The number of hydrogen-bond acceptors (Lipinski definition) is 8. The second-order valence-corrected chi connectivity index (χ2v) is 10.8. The summed E-state index contributed by atoms with van der Waals surface area (Å²) in [7, 11) is 0. The predicted molar refractivity (Wildman–Crippen MR) is 146 cm³/mol. The molecular weight excluding hydrogens is 508 g/mol. The van der Waals surface area contributed by atoms with Gasteiger partial charge in [-0.2, -0.15) is 17.0 Å². The van der Waals surface area contributed by atoms with E-state index in [-0.39, 0.29) is 26.0 Å². The molecule has 0 saturated carbocycles. The summed E-state index contributed by atoms with van der Waals surface area (Å²) in [5.74, 6) is -1.05.